The molecule has 6 heteroatoms. The van der Waals surface area contributed by atoms with E-state index in [-0.39, 0.29) is 29.8 Å². The highest BCUT2D eigenvalue weighted by atomic mass is 35.5. The number of carbonyl (C=O) groups is 2. The summed E-state index contributed by atoms with van der Waals surface area (Å²) in [5, 5.41) is 3.37. The van der Waals surface area contributed by atoms with Crippen LogP contribution in [0.2, 0.25) is 5.02 Å². The van der Waals surface area contributed by atoms with Crippen LogP contribution in [0.5, 0.6) is 0 Å². The summed E-state index contributed by atoms with van der Waals surface area (Å²) >= 11 is 5.78. The zero-order chi connectivity index (χ0) is 16.1. The number of carbonyl (C=O) groups excluding carboxylic acids is 2. The van der Waals surface area contributed by atoms with Crippen LogP contribution in [0, 0.1) is 5.92 Å². The molecule has 1 fully saturated rings. The SMILES string of the molecule is C[C@@H]1CCCC[C@H]1NC(=O)COC(=O)c1ccc(Cl)cc1N. The first-order valence-corrected chi connectivity index (χ1v) is 7.86. The first kappa shape index (κ1) is 16.6. The van der Waals surface area contributed by atoms with Gasteiger partial charge >= 0.3 is 5.97 Å². The van der Waals surface area contributed by atoms with E-state index in [4.69, 9.17) is 22.1 Å². The highest BCUT2D eigenvalue weighted by Crippen LogP contribution is 2.23. The van der Waals surface area contributed by atoms with Crippen molar-refractivity contribution in [2.45, 2.75) is 38.6 Å². The Morgan fingerprint density at radius 1 is 1.36 bits per heavy atom. The normalized spacial score (nSPS) is 21.2. The number of benzene rings is 1. The van der Waals surface area contributed by atoms with E-state index < -0.39 is 5.97 Å². The molecule has 22 heavy (non-hydrogen) atoms. The van der Waals surface area contributed by atoms with Crippen molar-refractivity contribution >= 4 is 29.2 Å². The number of nitrogens with two attached hydrogens (primary N) is 1. The van der Waals surface area contributed by atoms with E-state index in [9.17, 15) is 9.59 Å². The zero-order valence-electron chi connectivity index (χ0n) is 12.6. The lowest BCUT2D eigenvalue weighted by Crippen LogP contribution is -2.42. The number of ether oxygens (including phenoxy) is 1. The molecule has 0 heterocycles. The molecule has 0 saturated heterocycles. The maximum atomic E-state index is 11.9. The summed E-state index contributed by atoms with van der Waals surface area (Å²) in [7, 11) is 0. The molecular formula is C16H21ClN2O3. The molecular weight excluding hydrogens is 304 g/mol. The van der Waals surface area contributed by atoms with Gasteiger partial charge in [0.1, 0.15) is 0 Å². The van der Waals surface area contributed by atoms with Gasteiger partial charge in [0.2, 0.25) is 0 Å². The van der Waals surface area contributed by atoms with Crippen molar-refractivity contribution in [3.05, 3.63) is 28.8 Å². The van der Waals surface area contributed by atoms with Gasteiger partial charge in [-0.25, -0.2) is 4.79 Å². The number of hydrogen-bond acceptors (Lipinski definition) is 4. The summed E-state index contributed by atoms with van der Waals surface area (Å²) < 4.78 is 5.01. The number of hydrogen-bond donors (Lipinski definition) is 2. The van der Waals surface area contributed by atoms with Gasteiger partial charge in [-0.2, -0.15) is 0 Å². The fourth-order valence-corrected chi connectivity index (χ4v) is 2.89. The Bertz CT molecular complexity index is 562. The lowest BCUT2D eigenvalue weighted by molar-refractivity contribution is -0.125. The van der Waals surface area contributed by atoms with E-state index in [2.05, 4.69) is 12.2 Å². The first-order valence-electron chi connectivity index (χ1n) is 7.49. The van der Waals surface area contributed by atoms with Gasteiger partial charge in [-0.15, -0.1) is 0 Å². The monoisotopic (exact) mass is 324 g/mol. The van der Waals surface area contributed by atoms with E-state index in [1.165, 1.54) is 18.6 Å². The minimum absolute atomic E-state index is 0.167. The number of anilines is 1. The van der Waals surface area contributed by atoms with Crippen molar-refractivity contribution in [1.29, 1.82) is 0 Å². The van der Waals surface area contributed by atoms with E-state index in [0.29, 0.717) is 10.9 Å². The van der Waals surface area contributed by atoms with Crippen molar-refractivity contribution in [1.82, 2.24) is 5.32 Å². The molecule has 0 aliphatic heterocycles. The number of nitrogen functional groups attached to an aromatic ring is 1. The predicted molar refractivity (Wildman–Crippen MR) is 85.7 cm³/mol. The molecule has 1 aromatic carbocycles. The number of esters is 1. The van der Waals surface area contributed by atoms with Gasteiger partial charge in [0, 0.05) is 16.8 Å². The Labute approximate surface area is 135 Å². The number of rotatable bonds is 4. The third-order valence-electron chi connectivity index (χ3n) is 4.03. The van der Waals surface area contributed by atoms with E-state index in [1.54, 1.807) is 6.07 Å². The second kappa shape index (κ2) is 7.49. The summed E-state index contributed by atoms with van der Waals surface area (Å²) in [5.74, 6) is -0.444. The summed E-state index contributed by atoms with van der Waals surface area (Å²) in [4.78, 5) is 23.8. The lowest BCUT2D eigenvalue weighted by atomic mass is 9.86. The summed E-state index contributed by atoms with van der Waals surface area (Å²) in [5.41, 5.74) is 6.16. The fourth-order valence-electron chi connectivity index (χ4n) is 2.71. The molecule has 5 nitrogen and oxygen atoms in total. The Hall–Kier alpha value is -1.75. The Morgan fingerprint density at radius 2 is 2.09 bits per heavy atom. The summed E-state index contributed by atoms with van der Waals surface area (Å²) in [6.45, 7) is 1.83. The molecule has 0 radical (unpaired) electrons. The topological polar surface area (TPSA) is 81.4 Å². The number of nitrogens with one attached hydrogen (secondary N) is 1. The molecule has 1 saturated carbocycles. The summed E-state index contributed by atoms with van der Waals surface area (Å²) in [6, 6.07) is 4.68. The molecule has 1 aliphatic carbocycles. The van der Waals surface area contributed by atoms with Gasteiger partial charge in [0.05, 0.1) is 5.56 Å². The highest BCUT2D eigenvalue weighted by Gasteiger charge is 2.23. The van der Waals surface area contributed by atoms with Crippen molar-refractivity contribution < 1.29 is 14.3 Å². The van der Waals surface area contributed by atoms with E-state index >= 15 is 0 Å². The van der Waals surface area contributed by atoms with Crippen molar-refractivity contribution in [3.8, 4) is 0 Å². The van der Waals surface area contributed by atoms with Crippen molar-refractivity contribution in [2.24, 2.45) is 5.92 Å². The van der Waals surface area contributed by atoms with Crippen molar-refractivity contribution in [2.75, 3.05) is 12.3 Å². The van der Waals surface area contributed by atoms with Gasteiger partial charge in [-0.05, 0) is 37.0 Å². The molecule has 1 aromatic rings. The maximum absolute atomic E-state index is 11.9. The largest absolute Gasteiger partial charge is 0.452 e. The van der Waals surface area contributed by atoms with E-state index in [1.807, 2.05) is 0 Å². The van der Waals surface area contributed by atoms with Crippen LogP contribution in [0.4, 0.5) is 5.69 Å². The molecule has 1 aliphatic rings. The van der Waals surface area contributed by atoms with Crippen LogP contribution >= 0.6 is 11.6 Å². The minimum Gasteiger partial charge on any atom is -0.452 e. The zero-order valence-corrected chi connectivity index (χ0v) is 13.4. The van der Waals surface area contributed by atoms with Crippen LogP contribution in [-0.4, -0.2) is 24.5 Å². The minimum atomic E-state index is -0.624. The Morgan fingerprint density at radius 3 is 2.77 bits per heavy atom. The molecule has 120 valence electrons. The number of halogens is 1. The third-order valence-corrected chi connectivity index (χ3v) is 4.26. The van der Waals surface area contributed by atoms with Crippen LogP contribution in [0.1, 0.15) is 43.0 Å². The average Bonchev–Trinajstić information content (AvgIpc) is 2.47. The predicted octanol–water partition coefficient (Wildman–Crippen LogP) is 2.77. The maximum Gasteiger partial charge on any atom is 0.340 e. The molecule has 0 spiro atoms. The molecule has 2 rings (SSSR count). The smallest absolute Gasteiger partial charge is 0.340 e. The quantitative estimate of drug-likeness (QED) is 0.659. The Kier molecular flexibility index (Phi) is 5.66. The third kappa shape index (κ3) is 4.37. The van der Waals surface area contributed by atoms with Crippen molar-refractivity contribution in [3.63, 3.8) is 0 Å². The van der Waals surface area contributed by atoms with Crippen LogP contribution in [0.3, 0.4) is 0 Å². The summed E-state index contributed by atoms with van der Waals surface area (Å²) in [6.07, 6.45) is 4.42. The average molecular weight is 325 g/mol. The highest BCUT2D eigenvalue weighted by molar-refractivity contribution is 6.31. The second-order valence-electron chi connectivity index (χ2n) is 5.74. The van der Waals surface area contributed by atoms with Crippen LogP contribution in [0.25, 0.3) is 0 Å². The second-order valence-corrected chi connectivity index (χ2v) is 6.18. The van der Waals surface area contributed by atoms with Gasteiger partial charge in [0.15, 0.2) is 6.61 Å². The first-order chi connectivity index (χ1) is 10.5. The van der Waals surface area contributed by atoms with Gasteiger partial charge in [-0.3, -0.25) is 4.79 Å². The molecule has 2 atom stereocenters. The fraction of sp³-hybridized carbons (Fsp3) is 0.500. The van der Waals surface area contributed by atoms with Gasteiger partial charge < -0.3 is 15.8 Å². The van der Waals surface area contributed by atoms with Gasteiger partial charge in [0.25, 0.3) is 5.91 Å². The standard InChI is InChI=1S/C16H21ClN2O3/c1-10-4-2-3-5-14(10)19-15(20)9-22-16(21)12-7-6-11(17)8-13(12)18/h6-8,10,14H,2-5,9,18H2,1H3,(H,19,20)/t10-,14-/m1/s1. The lowest BCUT2D eigenvalue weighted by Gasteiger charge is -2.29. The van der Waals surface area contributed by atoms with Crippen LogP contribution in [-0.2, 0) is 9.53 Å². The van der Waals surface area contributed by atoms with Crippen LogP contribution < -0.4 is 11.1 Å². The van der Waals surface area contributed by atoms with E-state index in [0.717, 1.165) is 19.3 Å². The molecule has 0 bridgehead atoms. The molecule has 1 amide bonds. The molecule has 0 aromatic heterocycles. The van der Waals surface area contributed by atoms with Gasteiger partial charge in [-0.1, -0.05) is 31.4 Å². The van der Waals surface area contributed by atoms with Crippen LogP contribution in [0.15, 0.2) is 18.2 Å². The number of amides is 1. The Balaban J connectivity index is 1.84. The molecule has 0 unspecified atom stereocenters. The molecule has 3 N–H and O–H groups in total.